The molecule has 16 heavy (non-hydrogen) atoms. The van der Waals surface area contributed by atoms with Crippen molar-refractivity contribution >= 4 is 11.3 Å². The summed E-state index contributed by atoms with van der Waals surface area (Å²) < 4.78 is 40.9. The molecule has 0 fully saturated rings. The Morgan fingerprint density at radius 2 is 2.19 bits per heavy atom. The summed E-state index contributed by atoms with van der Waals surface area (Å²) in [5.41, 5.74) is 5.81. The first-order valence-corrected chi connectivity index (χ1v) is 5.75. The maximum atomic E-state index is 11.9. The van der Waals surface area contributed by atoms with Crippen LogP contribution >= 0.6 is 11.3 Å². The molecule has 2 N–H and O–H groups in total. The summed E-state index contributed by atoms with van der Waals surface area (Å²) in [5.74, 6) is 0.657. The highest BCUT2D eigenvalue weighted by Crippen LogP contribution is 2.33. The van der Waals surface area contributed by atoms with Gasteiger partial charge in [0.1, 0.15) is 5.75 Å². The van der Waals surface area contributed by atoms with Crippen LogP contribution in [0.3, 0.4) is 0 Å². The highest BCUT2D eigenvalue weighted by atomic mass is 32.1. The van der Waals surface area contributed by atoms with Crippen molar-refractivity contribution in [2.24, 2.45) is 5.73 Å². The standard InChI is InChI=1S/C10H14F3NOS/c1-15-8-4-6-16-9(8)7(14)3-2-5-10(11,12)13/h4,6-7H,2-3,5,14H2,1H3. The van der Waals surface area contributed by atoms with E-state index in [2.05, 4.69) is 0 Å². The Labute approximate surface area is 96.2 Å². The molecule has 0 radical (unpaired) electrons. The van der Waals surface area contributed by atoms with Gasteiger partial charge >= 0.3 is 6.18 Å². The first kappa shape index (κ1) is 13.3. The third-order valence-corrected chi connectivity index (χ3v) is 3.22. The maximum absolute atomic E-state index is 11.9. The normalized spacial score (nSPS) is 13.8. The van der Waals surface area contributed by atoms with Gasteiger partial charge in [-0.2, -0.15) is 13.2 Å². The van der Waals surface area contributed by atoms with Gasteiger partial charge in [0.05, 0.1) is 12.0 Å². The molecule has 0 aromatic carbocycles. The molecule has 1 aromatic heterocycles. The van der Waals surface area contributed by atoms with E-state index in [4.69, 9.17) is 10.5 Å². The molecule has 1 heterocycles. The van der Waals surface area contributed by atoms with Crippen LogP contribution in [-0.4, -0.2) is 13.3 Å². The quantitative estimate of drug-likeness (QED) is 0.871. The predicted molar refractivity (Wildman–Crippen MR) is 57.7 cm³/mol. The van der Waals surface area contributed by atoms with Crippen molar-refractivity contribution in [3.63, 3.8) is 0 Å². The van der Waals surface area contributed by atoms with E-state index in [1.807, 2.05) is 5.38 Å². The summed E-state index contributed by atoms with van der Waals surface area (Å²) in [4.78, 5) is 0.810. The average Bonchev–Trinajstić information content (AvgIpc) is 2.63. The van der Waals surface area contributed by atoms with Crippen LogP contribution in [0.1, 0.15) is 30.2 Å². The van der Waals surface area contributed by atoms with Gasteiger partial charge in [0.15, 0.2) is 0 Å². The maximum Gasteiger partial charge on any atom is 0.389 e. The van der Waals surface area contributed by atoms with E-state index in [1.165, 1.54) is 18.4 Å². The lowest BCUT2D eigenvalue weighted by Crippen LogP contribution is -2.12. The molecule has 92 valence electrons. The van der Waals surface area contributed by atoms with Gasteiger partial charge in [-0.25, -0.2) is 0 Å². The highest BCUT2D eigenvalue weighted by Gasteiger charge is 2.26. The van der Waals surface area contributed by atoms with Crippen LogP contribution < -0.4 is 10.5 Å². The Morgan fingerprint density at radius 1 is 1.50 bits per heavy atom. The molecule has 0 amide bonds. The third kappa shape index (κ3) is 4.02. The van der Waals surface area contributed by atoms with Crippen molar-refractivity contribution in [1.29, 1.82) is 0 Å². The van der Waals surface area contributed by atoms with Gasteiger partial charge in [-0.15, -0.1) is 11.3 Å². The molecular weight excluding hydrogens is 239 g/mol. The van der Waals surface area contributed by atoms with Crippen LogP contribution in [0.2, 0.25) is 0 Å². The first-order chi connectivity index (χ1) is 7.44. The smallest absolute Gasteiger partial charge is 0.389 e. The molecule has 6 heteroatoms. The number of alkyl halides is 3. The Bertz CT molecular complexity index is 324. The van der Waals surface area contributed by atoms with Gasteiger partial charge in [-0.3, -0.25) is 0 Å². The molecule has 0 saturated carbocycles. The summed E-state index contributed by atoms with van der Waals surface area (Å²) in [7, 11) is 1.52. The van der Waals surface area contributed by atoms with Crippen molar-refractivity contribution < 1.29 is 17.9 Å². The third-order valence-electron chi connectivity index (χ3n) is 2.19. The minimum atomic E-state index is -4.10. The predicted octanol–water partition coefficient (Wildman–Crippen LogP) is 3.49. The topological polar surface area (TPSA) is 35.2 Å². The molecule has 1 aromatic rings. The molecule has 2 nitrogen and oxygen atoms in total. The zero-order valence-corrected chi connectivity index (χ0v) is 9.70. The molecule has 1 atom stereocenters. The Hall–Kier alpha value is -0.750. The van der Waals surface area contributed by atoms with Crippen molar-refractivity contribution in [1.82, 2.24) is 0 Å². The Balaban J connectivity index is 2.44. The van der Waals surface area contributed by atoms with Crippen LogP contribution in [0.4, 0.5) is 13.2 Å². The second-order valence-corrected chi connectivity index (χ2v) is 4.41. The van der Waals surface area contributed by atoms with Crippen LogP contribution in [0, 0.1) is 0 Å². The van der Waals surface area contributed by atoms with E-state index in [0.29, 0.717) is 12.2 Å². The number of hydrogen-bond donors (Lipinski definition) is 1. The molecule has 1 rings (SSSR count). The SMILES string of the molecule is COc1ccsc1C(N)CCCC(F)(F)F. The number of rotatable bonds is 5. The molecule has 1 unspecified atom stereocenters. The van der Waals surface area contributed by atoms with Crippen molar-refractivity contribution in [3.8, 4) is 5.75 Å². The molecule has 0 aliphatic heterocycles. The number of hydrogen-bond acceptors (Lipinski definition) is 3. The van der Waals surface area contributed by atoms with Crippen molar-refractivity contribution in [2.75, 3.05) is 7.11 Å². The van der Waals surface area contributed by atoms with Crippen LogP contribution in [0.5, 0.6) is 5.75 Å². The lowest BCUT2D eigenvalue weighted by Gasteiger charge is -2.12. The average molecular weight is 253 g/mol. The van der Waals surface area contributed by atoms with Gasteiger partial charge in [0.25, 0.3) is 0 Å². The fourth-order valence-corrected chi connectivity index (χ4v) is 2.30. The minimum Gasteiger partial charge on any atom is -0.496 e. The lowest BCUT2D eigenvalue weighted by atomic mass is 10.1. The number of methoxy groups -OCH3 is 1. The minimum absolute atomic E-state index is 0.0473. The highest BCUT2D eigenvalue weighted by molar-refractivity contribution is 7.10. The fourth-order valence-electron chi connectivity index (χ4n) is 1.40. The summed E-state index contributed by atoms with van der Waals surface area (Å²) in [6.45, 7) is 0. The summed E-state index contributed by atoms with van der Waals surface area (Å²) in [6.07, 6.45) is -4.52. The van der Waals surface area contributed by atoms with Crippen molar-refractivity contribution in [2.45, 2.75) is 31.5 Å². The van der Waals surface area contributed by atoms with E-state index in [0.717, 1.165) is 4.88 Å². The second-order valence-electron chi connectivity index (χ2n) is 3.47. The number of thiophene rings is 1. The molecule has 0 aliphatic carbocycles. The fraction of sp³-hybridized carbons (Fsp3) is 0.600. The summed E-state index contributed by atoms with van der Waals surface area (Å²) >= 11 is 1.41. The molecule has 0 aliphatic rings. The molecular formula is C10H14F3NOS. The molecule has 0 bridgehead atoms. The van der Waals surface area contributed by atoms with E-state index < -0.39 is 12.6 Å². The molecule has 0 spiro atoms. The monoisotopic (exact) mass is 253 g/mol. The van der Waals surface area contributed by atoms with E-state index in [9.17, 15) is 13.2 Å². The van der Waals surface area contributed by atoms with Crippen LogP contribution in [0.25, 0.3) is 0 Å². The summed E-state index contributed by atoms with van der Waals surface area (Å²) in [6, 6.07) is 1.39. The van der Waals surface area contributed by atoms with Gasteiger partial charge in [-0.05, 0) is 24.3 Å². The zero-order chi connectivity index (χ0) is 12.2. The zero-order valence-electron chi connectivity index (χ0n) is 8.88. The second kappa shape index (κ2) is 5.54. The first-order valence-electron chi connectivity index (χ1n) is 4.87. The molecule has 0 saturated heterocycles. The van der Waals surface area contributed by atoms with E-state index in [-0.39, 0.29) is 12.5 Å². The van der Waals surface area contributed by atoms with Crippen LogP contribution in [-0.2, 0) is 0 Å². The van der Waals surface area contributed by atoms with Crippen LogP contribution in [0.15, 0.2) is 11.4 Å². The van der Waals surface area contributed by atoms with Gasteiger partial charge in [-0.1, -0.05) is 0 Å². The number of halogens is 3. The van der Waals surface area contributed by atoms with E-state index >= 15 is 0 Å². The number of nitrogens with two attached hydrogens (primary N) is 1. The van der Waals surface area contributed by atoms with E-state index in [1.54, 1.807) is 6.07 Å². The Morgan fingerprint density at radius 3 is 2.75 bits per heavy atom. The van der Waals surface area contributed by atoms with Gasteiger partial charge < -0.3 is 10.5 Å². The lowest BCUT2D eigenvalue weighted by molar-refractivity contribution is -0.135. The number of ether oxygens (including phenoxy) is 1. The van der Waals surface area contributed by atoms with Gasteiger partial charge in [0, 0.05) is 12.5 Å². The summed E-state index contributed by atoms with van der Waals surface area (Å²) in [5, 5.41) is 1.82. The Kier molecular flexibility index (Phi) is 4.61. The van der Waals surface area contributed by atoms with Gasteiger partial charge in [0.2, 0.25) is 0 Å². The van der Waals surface area contributed by atoms with Crippen molar-refractivity contribution in [3.05, 3.63) is 16.3 Å². The largest absolute Gasteiger partial charge is 0.496 e.